The van der Waals surface area contributed by atoms with Gasteiger partial charge < -0.3 is 9.80 Å². The number of nitrogens with zero attached hydrogens (tertiary/aromatic N) is 7. The van der Waals surface area contributed by atoms with Gasteiger partial charge in [0, 0.05) is 50.3 Å². The highest BCUT2D eigenvalue weighted by molar-refractivity contribution is 6.30. The van der Waals surface area contributed by atoms with Crippen LogP contribution >= 0.6 is 11.6 Å². The van der Waals surface area contributed by atoms with Crippen molar-refractivity contribution >= 4 is 23.5 Å². The first-order valence-corrected chi connectivity index (χ1v) is 8.38. The van der Waals surface area contributed by atoms with E-state index in [0.29, 0.717) is 11.0 Å². The van der Waals surface area contributed by atoms with Crippen molar-refractivity contribution in [1.29, 1.82) is 0 Å². The number of anilines is 2. The second kappa shape index (κ2) is 6.98. The van der Waals surface area contributed by atoms with Crippen LogP contribution in [-0.4, -0.2) is 51.1 Å². The largest absolute Gasteiger partial charge is 0.337 e. The molecular weight excluding hydrogens is 338 g/mol. The Morgan fingerprint density at radius 2 is 1.40 bits per heavy atom. The average Bonchev–Trinajstić information content (AvgIpc) is 2.70. The summed E-state index contributed by atoms with van der Waals surface area (Å²) in [5, 5.41) is 0.545. The molecule has 8 heteroatoms. The molecular formula is C17H16ClN7. The number of piperazine rings is 1. The summed E-state index contributed by atoms with van der Waals surface area (Å²) < 4.78 is 0. The first-order valence-electron chi connectivity index (χ1n) is 8.00. The zero-order chi connectivity index (χ0) is 17.1. The van der Waals surface area contributed by atoms with Gasteiger partial charge in [-0.25, -0.2) is 19.9 Å². The van der Waals surface area contributed by atoms with E-state index in [4.69, 9.17) is 16.6 Å². The van der Waals surface area contributed by atoms with Crippen molar-refractivity contribution in [3.05, 3.63) is 54.2 Å². The molecule has 0 N–H and O–H groups in total. The zero-order valence-electron chi connectivity index (χ0n) is 13.5. The predicted octanol–water partition coefficient (Wildman–Crippen LogP) is 2.31. The molecule has 0 unspecified atom stereocenters. The summed E-state index contributed by atoms with van der Waals surface area (Å²) in [7, 11) is 0. The Kier molecular flexibility index (Phi) is 4.39. The molecule has 4 rings (SSSR count). The molecule has 126 valence electrons. The Bertz CT molecular complexity index is 833. The van der Waals surface area contributed by atoms with E-state index in [9.17, 15) is 0 Å². The van der Waals surface area contributed by atoms with Crippen LogP contribution < -0.4 is 9.80 Å². The number of hydrogen-bond acceptors (Lipinski definition) is 7. The van der Waals surface area contributed by atoms with Gasteiger partial charge in [0.05, 0.1) is 23.1 Å². The van der Waals surface area contributed by atoms with E-state index in [1.165, 1.54) is 0 Å². The quantitative estimate of drug-likeness (QED) is 0.715. The van der Waals surface area contributed by atoms with Gasteiger partial charge in [0.1, 0.15) is 0 Å². The molecule has 4 heterocycles. The van der Waals surface area contributed by atoms with E-state index >= 15 is 0 Å². The topological polar surface area (TPSA) is 70.9 Å². The minimum absolute atomic E-state index is 0.545. The van der Waals surface area contributed by atoms with Gasteiger partial charge in [-0.15, -0.1) is 0 Å². The van der Waals surface area contributed by atoms with Crippen LogP contribution in [0.2, 0.25) is 5.02 Å². The Labute approximate surface area is 150 Å². The van der Waals surface area contributed by atoms with Crippen LogP contribution in [0.5, 0.6) is 0 Å². The summed E-state index contributed by atoms with van der Waals surface area (Å²) in [5.41, 5.74) is 1.93. The van der Waals surface area contributed by atoms with Crippen LogP contribution in [0, 0.1) is 0 Å². The lowest BCUT2D eigenvalue weighted by atomic mass is 10.2. The second-order valence-corrected chi connectivity index (χ2v) is 6.09. The van der Waals surface area contributed by atoms with Gasteiger partial charge in [0.25, 0.3) is 0 Å². The lowest BCUT2D eigenvalue weighted by molar-refractivity contribution is 0.628. The molecule has 3 aromatic heterocycles. The van der Waals surface area contributed by atoms with Crippen LogP contribution in [-0.2, 0) is 0 Å². The number of rotatable bonds is 3. The van der Waals surface area contributed by atoms with Crippen molar-refractivity contribution in [2.75, 3.05) is 36.0 Å². The molecule has 0 atom stereocenters. The van der Waals surface area contributed by atoms with Gasteiger partial charge in [-0.05, 0) is 18.2 Å². The number of hydrogen-bond donors (Lipinski definition) is 0. The first-order chi connectivity index (χ1) is 12.3. The van der Waals surface area contributed by atoms with E-state index in [0.717, 1.165) is 43.4 Å². The van der Waals surface area contributed by atoms with Gasteiger partial charge in [-0.3, -0.25) is 4.98 Å². The van der Waals surface area contributed by atoms with E-state index in [2.05, 4.69) is 29.7 Å². The van der Waals surface area contributed by atoms with Crippen LogP contribution in [0.1, 0.15) is 0 Å². The molecule has 1 aliphatic rings. The van der Waals surface area contributed by atoms with E-state index in [1.54, 1.807) is 31.0 Å². The van der Waals surface area contributed by atoms with Gasteiger partial charge in [-0.2, -0.15) is 0 Å². The second-order valence-electron chi connectivity index (χ2n) is 5.65. The smallest absolute Gasteiger partial charge is 0.225 e. The molecule has 0 bridgehead atoms. The molecule has 0 aliphatic carbocycles. The van der Waals surface area contributed by atoms with Crippen molar-refractivity contribution in [2.24, 2.45) is 0 Å². The summed E-state index contributed by atoms with van der Waals surface area (Å²) in [4.78, 5) is 26.0. The van der Waals surface area contributed by atoms with Crippen LogP contribution in [0.3, 0.4) is 0 Å². The lowest BCUT2D eigenvalue weighted by Gasteiger charge is -2.34. The SMILES string of the molecule is Clc1cnc(N2CCN(c3nccc(-c4ccncc4)n3)CC2)nc1. The summed E-state index contributed by atoms with van der Waals surface area (Å²) in [6, 6.07) is 5.81. The molecule has 1 aliphatic heterocycles. The van der Waals surface area contributed by atoms with Crippen molar-refractivity contribution in [2.45, 2.75) is 0 Å². The van der Waals surface area contributed by atoms with E-state index < -0.39 is 0 Å². The fourth-order valence-corrected chi connectivity index (χ4v) is 2.86. The molecule has 0 aromatic carbocycles. The molecule has 0 amide bonds. The van der Waals surface area contributed by atoms with Gasteiger partial charge in [0.15, 0.2) is 0 Å². The molecule has 3 aromatic rings. The minimum Gasteiger partial charge on any atom is -0.337 e. The zero-order valence-corrected chi connectivity index (χ0v) is 14.2. The molecule has 7 nitrogen and oxygen atoms in total. The normalized spacial score (nSPS) is 14.6. The van der Waals surface area contributed by atoms with Crippen LogP contribution in [0.4, 0.5) is 11.9 Å². The highest BCUT2D eigenvalue weighted by Gasteiger charge is 2.21. The molecule has 0 spiro atoms. The van der Waals surface area contributed by atoms with Gasteiger partial charge >= 0.3 is 0 Å². The Hall–Kier alpha value is -2.80. The number of pyridine rings is 1. The standard InChI is InChI=1S/C17H16ClN7/c18-14-11-21-16(22-12-14)24-7-9-25(10-8-24)17-20-6-3-15(23-17)13-1-4-19-5-2-13/h1-6,11-12H,7-10H2. The third-order valence-electron chi connectivity index (χ3n) is 4.07. The summed E-state index contributed by atoms with van der Waals surface area (Å²) in [6.07, 6.45) is 8.58. The van der Waals surface area contributed by atoms with E-state index in [1.807, 2.05) is 18.2 Å². The average molecular weight is 354 g/mol. The summed E-state index contributed by atoms with van der Waals surface area (Å²) in [5.74, 6) is 1.45. The maximum Gasteiger partial charge on any atom is 0.225 e. The van der Waals surface area contributed by atoms with Crippen LogP contribution in [0.15, 0.2) is 49.2 Å². The molecule has 0 radical (unpaired) electrons. The monoisotopic (exact) mass is 353 g/mol. The predicted molar refractivity (Wildman–Crippen MR) is 96.7 cm³/mol. The molecule has 1 saturated heterocycles. The summed E-state index contributed by atoms with van der Waals surface area (Å²) >= 11 is 5.85. The van der Waals surface area contributed by atoms with Crippen molar-refractivity contribution in [1.82, 2.24) is 24.9 Å². The van der Waals surface area contributed by atoms with Crippen molar-refractivity contribution in [3.8, 4) is 11.3 Å². The fourth-order valence-electron chi connectivity index (χ4n) is 2.76. The molecule has 0 saturated carbocycles. The first kappa shape index (κ1) is 15.7. The van der Waals surface area contributed by atoms with E-state index in [-0.39, 0.29) is 0 Å². The maximum atomic E-state index is 5.85. The number of aromatic nitrogens is 5. The van der Waals surface area contributed by atoms with Gasteiger partial charge in [-0.1, -0.05) is 11.6 Å². The van der Waals surface area contributed by atoms with Crippen molar-refractivity contribution in [3.63, 3.8) is 0 Å². The Morgan fingerprint density at radius 3 is 2.08 bits per heavy atom. The maximum absolute atomic E-state index is 5.85. The van der Waals surface area contributed by atoms with Crippen LogP contribution in [0.25, 0.3) is 11.3 Å². The fraction of sp³-hybridized carbons (Fsp3) is 0.235. The third-order valence-corrected chi connectivity index (χ3v) is 4.27. The highest BCUT2D eigenvalue weighted by atomic mass is 35.5. The van der Waals surface area contributed by atoms with Crippen molar-refractivity contribution < 1.29 is 0 Å². The lowest BCUT2D eigenvalue weighted by Crippen LogP contribution is -2.47. The minimum atomic E-state index is 0.545. The number of halogens is 1. The molecule has 25 heavy (non-hydrogen) atoms. The Balaban J connectivity index is 1.47. The third kappa shape index (κ3) is 3.51. The Morgan fingerprint density at radius 1 is 0.760 bits per heavy atom. The highest BCUT2D eigenvalue weighted by Crippen LogP contribution is 2.20. The molecule has 1 fully saturated rings. The van der Waals surface area contributed by atoms with Gasteiger partial charge in [0.2, 0.25) is 11.9 Å². The summed E-state index contributed by atoms with van der Waals surface area (Å²) in [6.45, 7) is 3.24.